The van der Waals surface area contributed by atoms with Crippen molar-refractivity contribution in [2.75, 3.05) is 19.8 Å². The number of aromatic nitrogens is 2. The Morgan fingerprint density at radius 3 is 2.77 bits per heavy atom. The van der Waals surface area contributed by atoms with Crippen molar-refractivity contribution < 1.29 is 9.47 Å². The van der Waals surface area contributed by atoms with Crippen LogP contribution in [0.15, 0.2) is 58.7 Å². The summed E-state index contributed by atoms with van der Waals surface area (Å²) < 4.78 is 11.2. The smallest absolute Gasteiger partial charge is 0.260 e. The Kier molecular flexibility index (Phi) is 5.44. The van der Waals surface area contributed by atoms with Gasteiger partial charge in [-0.25, -0.2) is 4.98 Å². The molecule has 0 radical (unpaired) electrons. The van der Waals surface area contributed by atoms with E-state index >= 15 is 0 Å². The molecule has 1 aliphatic rings. The van der Waals surface area contributed by atoms with E-state index in [1.807, 2.05) is 54.8 Å². The van der Waals surface area contributed by atoms with Crippen molar-refractivity contribution >= 4 is 21.6 Å². The van der Waals surface area contributed by atoms with Crippen LogP contribution in [-0.2, 0) is 6.42 Å². The van der Waals surface area contributed by atoms with Gasteiger partial charge in [0.1, 0.15) is 23.9 Å². The van der Waals surface area contributed by atoms with Crippen LogP contribution in [0, 0.1) is 0 Å². The second-order valence-corrected chi connectivity index (χ2v) is 8.41. The monoisotopic (exact) mass is 433 g/mol. The van der Waals surface area contributed by atoms with Crippen LogP contribution < -0.4 is 20.3 Å². The normalized spacial score (nSPS) is 14.0. The highest BCUT2D eigenvalue weighted by molar-refractivity contribution is 7.17. The molecule has 2 N–H and O–H groups in total. The van der Waals surface area contributed by atoms with Gasteiger partial charge in [0.2, 0.25) is 0 Å². The van der Waals surface area contributed by atoms with Crippen molar-refractivity contribution in [2.45, 2.75) is 19.4 Å². The van der Waals surface area contributed by atoms with E-state index < -0.39 is 0 Å². The summed E-state index contributed by atoms with van der Waals surface area (Å²) in [5.74, 6) is 2.26. The number of ether oxygens (including phenoxy) is 2. The highest BCUT2D eigenvalue weighted by Crippen LogP contribution is 2.32. The third-order valence-corrected chi connectivity index (χ3v) is 6.30. The molecule has 2 aromatic carbocycles. The highest BCUT2D eigenvalue weighted by Gasteiger charge is 2.16. The van der Waals surface area contributed by atoms with Crippen molar-refractivity contribution in [1.29, 1.82) is 0 Å². The topological polar surface area (TPSA) is 76.2 Å². The van der Waals surface area contributed by atoms with E-state index in [-0.39, 0.29) is 11.6 Å². The molecule has 0 saturated heterocycles. The van der Waals surface area contributed by atoms with Gasteiger partial charge in [0, 0.05) is 10.9 Å². The Morgan fingerprint density at radius 1 is 1.13 bits per heavy atom. The first-order valence-corrected chi connectivity index (χ1v) is 11.3. The second kappa shape index (κ2) is 8.53. The van der Waals surface area contributed by atoms with Crippen molar-refractivity contribution in [1.82, 2.24) is 15.3 Å². The average Bonchev–Trinajstić information content (AvgIpc) is 3.24. The minimum atomic E-state index is -0.0967. The number of aromatic amines is 1. The predicted molar refractivity (Wildman–Crippen MR) is 123 cm³/mol. The number of hydrogen-bond donors (Lipinski definition) is 2. The standard InChI is InChI=1S/C24H23N3O3S/c1-15(25-10-9-16-7-8-19-20(13-16)30-12-11-29-19)22-26-23(28)21-18(14-31-24(21)27-22)17-5-3-2-4-6-17/h2-8,13-15,25H,9-12H2,1H3,(H,26,27,28)/t15-/m0/s1. The number of benzene rings is 2. The maximum absolute atomic E-state index is 12.8. The number of thiophene rings is 1. The maximum atomic E-state index is 12.8. The Hall–Kier alpha value is -3.16. The van der Waals surface area contributed by atoms with Gasteiger partial charge in [0.25, 0.3) is 5.56 Å². The van der Waals surface area contributed by atoms with E-state index in [2.05, 4.69) is 16.4 Å². The quantitative estimate of drug-likeness (QED) is 0.474. The van der Waals surface area contributed by atoms with Gasteiger partial charge in [-0.05, 0) is 43.1 Å². The van der Waals surface area contributed by atoms with Crippen molar-refractivity contribution in [3.8, 4) is 22.6 Å². The Labute approximate surface area is 183 Å². The van der Waals surface area contributed by atoms with Crippen LogP contribution in [0.25, 0.3) is 21.3 Å². The highest BCUT2D eigenvalue weighted by atomic mass is 32.1. The fourth-order valence-corrected chi connectivity index (χ4v) is 4.73. The molecular weight excluding hydrogens is 410 g/mol. The van der Waals surface area contributed by atoms with E-state index in [9.17, 15) is 4.79 Å². The van der Waals surface area contributed by atoms with E-state index in [0.717, 1.165) is 40.4 Å². The molecule has 0 unspecified atom stereocenters. The molecule has 0 spiro atoms. The summed E-state index contributed by atoms with van der Waals surface area (Å²) >= 11 is 1.50. The molecule has 6 nitrogen and oxygen atoms in total. The molecular formula is C24H23N3O3S. The largest absolute Gasteiger partial charge is 0.486 e. The predicted octanol–water partition coefficient (Wildman–Crippen LogP) is 4.32. The Morgan fingerprint density at radius 2 is 1.94 bits per heavy atom. The summed E-state index contributed by atoms with van der Waals surface area (Å²) in [4.78, 5) is 21.3. The van der Waals surface area contributed by atoms with Crippen LogP contribution in [0.5, 0.6) is 11.5 Å². The number of hydrogen-bond acceptors (Lipinski definition) is 6. The molecule has 7 heteroatoms. The number of rotatable bonds is 6. The number of H-pyrrole nitrogens is 1. The molecule has 31 heavy (non-hydrogen) atoms. The fourth-order valence-electron chi connectivity index (χ4n) is 3.77. The molecule has 158 valence electrons. The van der Waals surface area contributed by atoms with Gasteiger partial charge in [-0.3, -0.25) is 4.79 Å². The van der Waals surface area contributed by atoms with Gasteiger partial charge >= 0.3 is 0 Å². The molecule has 1 atom stereocenters. The molecule has 0 bridgehead atoms. The lowest BCUT2D eigenvalue weighted by Gasteiger charge is -2.19. The molecule has 0 saturated carbocycles. The maximum Gasteiger partial charge on any atom is 0.260 e. The zero-order valence-electron chi connectivity index (χ0n) is 17.2. The lowest BCUT2D eigenvalue weighted by Crippen LogP contribution is -2.25. The minimum Gasteiger partial charge on any atom is -0.486 e. The summed E-state index contributed by atoms with van der Waals surface area (Å²) in [7, 11) is 0. The van der Waals surface area contributed by atoms with E-state index in [1.54, 1.807) is 0 Å². The third-order valence-electron chi connectivity index (χ3n) is 5.43. The van der Waals surface area contributed by atoms with Crippen LogP contribution in [-0.4, -0.2) is 29.7 Å². The van der Waals surface area contributed by atoms with E-state index in [1.165, 1.54) is 16.9 Å². The van der Waals surface area contributed by atoms with Gasteiger partial charge in [0.15, 0.2) is 11.5 Å². The van der Waals surface area contributed by atoms with Crippen LogP contribution in [0.4, 0.5) is 0 Å². The van der Waals surface area contributed by atoms with Crippen molar-refractivity contribution in [3.63, 3.8) is 0 Å². The number of nitrogens with one attached hydrogen (secondary N) is 2. The molecule has 5 rings (SSSR count). The van der Waals surface area contributed by atoms with Crippen LogP contribution >= 0.6 is 11.3 Å². The summed E-state index contributed by atoms with van der Waals surface area (Å²) in [6.07, 6.45) is 0.838. The van der Waals surface area contributed by atoms with E-state index in [0.29, 0.717) is 24.4 Å². The third kappa shape index (κ3) is 4.06. The molecule has 0 fully saturated rings. The summed E-state index contributed by atoms with van der Waals surface area (Å²) in [6, 6.07) is 15.9. The summed E-state index contributed by atoms with van der Waals surface area (Å²) in [5, 5.41) is 6.12. The van der Waals surface area contributed by atoms with Gasteiger partial charge in [0.05, 0.1) is 11.4 Å². The second-order valence-electron chi connectivity index (χ2n) is 7.55. The number of fused-ring (bicyclic) bond motifs is 2. The van der Waals surface area contributed by atoms with Gasteiger partial charge in [-0.15, -0.1) is 11.3 Å². The molecule has 0 amide bonds. The van der Waals surface area contributed by atoms with Crippen LogP contribution in [0.2, 0.25) is 0 Å². The zero-order chi connectivity index (χ0) is 21.2. The number of nitrogens with zero attached hydrogens (tertiary/aromatic N) is 1. The first-order chi connectivity index (χ1) is 15.2. The summed E-state index contributed by atoms with van der Waals surface area (Å²) in [5.41, 5.74) is 3.03. The van der Waals surface area contributed by atoms with Gasteiger partial charge in [-0.1, -0.05) is 36.4 Å². The Bertz CT molecular complexity index is 1270. The lowest BCUT2D eigenvalue weighted by molar-refractivity contribution is 0.171. The van der Waals surface area contributed by atoms with Crippen LogP contribution in [0.3, 0.4) is 0 Å². The SMILES string of the molecule is C[C@H](NCCc1ccc2c(c1)OCCO2)c1nc2scc(-c3ccccc3)c2c(=O)[nH]1. The van der Waals surface area contributed by atoms with Crippen LogP contribution in [0.1, 0.15) is 24.4 Å². The molecule has 3 heterocycles. The van der Waals surface area contributed by atoms with Crippen molar-refractivity contribution in [3.05, 3.63) is 75.7 Å². The van der Waals surface area contributed by atoms with Gasteiger partial charge < -0.3 is 19.8 Å². The van der Waals surface area contributed by atoms with E-state index in [4.69, 9.17) is 14.5 Å². The zero-order valence-corrected chi connectivity index (χ0v) is 18.0. The first-order valence-electron chi connectivity index (χ1n) is 10.4. The van der Waals surface area contributed by atoms with Crippen molar-refractivity contribution in [2.24, 2.45) is 0 Å². The first kappa shape index (κ1) is 19.8. The average molecular weight is 434 g/mol. The molecule has 2 aromatic heterocycles. The molecule has 4 aromatic rings. The summed E-state index contributed by atoms with van der Waals surface area (Å²) in [6.45, 7) is 3.95. The van der Waals surface area contributed by atoms with Gasteiger partial charge in [-0.2, -0.15) is 0 Å². The lowest BCUT2D eigenvalue weighted by atomic mass is 10.1. The fraction of sp³-hybridized carbons (Fsp3) is 0.250. The molecule has 0 aliphatic carbocycles. The minimum absolute atomic E-state index is 0.0726. The molecule has 1 aliphatic heterocycles. The Balaban J connectivity index is 1.29.